The Hall–Kier alpha value is -4.74. The number of aliphatic hydroxyl groups excluding tert-OH is 1. The quantitative estimate of drug-likeness (QED) is 0.0967. The van der Waals surface area contributed by atoms with E-state index < -0.39 is 24.3 Å². The fourth-order valence-electron chi connectivity index (χ4n) is 4.30. The van der Waals surface area contributed by atoms with Gasteiger partial charge in [0.05, 0.1) is 31.5 Å². The van der Waals surface area contributed by atoms with Gasteiger partial charge in [-0.25, -0.2) is 9.59 Å². The normalized spacial score (nSPS) is 15.4. The number of aliphatic hydroxyl groups is 1. The van der Waals surface area contributed by atoms with Crippen LogP contribution in [-0.2, 0) is 16.1 Å². The molecule has 0 saturated carbocycles. The van der Waals surface area contributed by atoms with E-state index in [4.69, 9.17) is 30.5 Å². The van der Waals surface area contributed by atoms with E-state index in [1.165, 1.54) is 13.3 Å². The van der Waals surface area contributed by atoms with Gasteiger partial charge < -0.3 is 34.7 Å². The molecule has 1 heterocycles. The molecule has 0 fully saturated rings. The van der Waals surface area contributed by atoms with Gasteiger partial charge >= 0.3 is 12.0 Å². The van der Waals surface area contributed by atoms with Gasteiger partial charge in [-0.2, -0.15) is 5.10 Å². The lowest BCUT2D eigenvalue weighted by molar-refractivity contribution is -0.136. The van der Waals surface area contributed by atoms with Gasteiger partial charge in [0.1, 0.15) is 19.0 Å². The largest absolute Gasteiger partial charge is 0.490 e. The van der Waals surface area contributed by atoms with Gasteiger partial charge in [-0.05, 0) is 55.3 Å². The zero-order valence-corrected chi connectivity index (χ0v) is 24.7. The molecule has 3 aromatic carbocycles. The Morgan fingerprint density at radius 1 is 1.07 bits per heavy atom. The molecule has 11 nitrogen and oxygen atoms in total. The number of carbonyl (C=O) groups excluding carboxylic acids is 2. The molecule has 2 atom stereocenters. The lowest BCUT2D eigenvalue weighted by atomic mass is 9.95. The zero-order valence-electron chi connectivity index (χ0n) is 23.9. The number of methoxy groups -OCH3 is 1. The molecule has 0 spiro atoms. The first kappa shape index (κ1) is 31.2. The lowest BCUT2D eigenvalue weighted by Crippen LogP contribution is -2.45. The van der Waals surface area contributed by atoms with Gasteiger partial charge in [-0.3, -0.25) is 5.43 Å². The summed E-state index contributed by atoms with van der Waals surface area (Å²) in [7, 11) is 1.27. The van der Waals surface area contributed by atoms with Crippen molar-refractivity contribution in [2.24, 2.45) is 5.10 Å². The van der Waals surface area contributed by atoms with E-state index in [1.54, 1.807) is 43.3 Å². The minimum absolute atomic E-state index is 0.166. The number of esters is 1. The number of amides is 2. The van der Waals surface area contributed by atoms with Gasteiger partial charge in [0.15, 0.2) is 17.7 Å². The molecular weight excluding hydrogens is 576 g/mol. The molecule has 12 heteroatoms. The molecule has 0 aromatic heterocycles. The molecule has 4 N–H and O–H groups in total. The summed E-state index contributed by atoms with van der Waals surface area (Å²) < 4.78 is 22.4. The minimum Gasteiger partial charge on any atom is -0.490 e. The molecule has 4 rings (SSSR count). The van der Waals surface area contributed by atoms with Gasteiger partial charge in [0, 0.05) is 16.3 Å². The Morgan fingerprint density at radius 2 is 1.84 bits per heavy atom. The summed E-state index contributed by atoms with van der Waals surface area (Å²) in [6, 6.07) is 18.7. The van der Waals surface area contributed by atoms with Gasteiger partial charge in [-0.15, -0.1) is 0 Å². The van der Waals surface area contributed by atoms with E-state index >= 15 is 0 Å². The van der Waals surface area contributed by atoms with Crippen molar-refractivity contribution in [2.75, 3.05) is 20.3 Å². The van der Waals surface area contributed by atoms with Crippen molar-refractivity contribution >= 4 is 29.8 Å². The molecule has 0 bridgehead atoms. The Bertz CT molecular complexity index is 1500. The summed E-state index contributed by atoms with van der Waals surface area (Å²) >= 11 is 6.17. The maximum Gasteiger partial charge on any atom is 0.337 e. The van der Waals surface area contributed by atoms with Gasteiger partial charge in [-0.1, -0.05) is 48.0 Å². The maximum absolute atomic E-state index is 12.4. The van der Waals surface area contributed by atoms with Crippen LogP contribution in [0, 0.1) is 0 Å². The van der Waals surface area contributed by atoms with Crippen LogP contribution in [-0.4, -0.2) is 49.9 Å². The van der Waals surface area contributed by atoms with E-state index in [0.29, 0.717) is 52.3 Å². The molecule has 3 aromatic rings. The molecular formula is C31H33ClN4O7. The smallest absolute Gasteiger partial charge is 0.337 e. The first-order valence-electron chi connectivity index (χ1n) is 13.5. The number of nitrogens with one attached hydrogen (secondary N) is 3. The average molecular weight is 609 g/mol. The van der Waals surface area contributed by atoms with Crippen LogP contribution < -0.4 is 30.3 Å². The number of allylic oxidation sites excluding steroid dienone is 1. The summed E-state index contributed by atoms with van der Waals surface area (Å²) in [4.78, 5) is 24.6. The second-order valence-electron chi connectivity index (χ2n) is 9.37. The Labute approximate surface area is 254 Å². The third kappa shape index (κ3) is 8.40. The molecule has 0 aliphatic carbocycles. The summed E-state index contributed by atoms with van der Waals surface area (Å²) in [5.74, 6) is 0.721. The van der Waals surface area contributed by atoms with Crippen molar-refractivity contribution in [1.29, 1.82) is 0 Å². The number of hydrogen-bond donors (Lipinski definition) is 4. The zero-order chi connectivity index (χ0) is 30.8. The first-order valence-corrected chi connectivity index (χ1v) is 13.9. The third-order valence-corrected chi connectivity index (χ3v) is 6.54. The SMILES string of the molecule is CCOc1cc([C@@H]2NC(=O)NC(C)=C2C(=O)OC)ccc1OC[C@@H](O)N/N=C/c1cc(Cl)ccc1OCc1ccccc1. The van der Waals surface area contributed by atoms with Crippen molar-refractivity contribution < 1.29 is 33.6 Å². The first-order chi connectivity index (χ1) is 20.8. The highest BCUT2D eigenvalue weighted by atomic mass is 35.5. The highest BCUT2D eigenvalue weighted by Gasteiger charge is 2.32. The standard InChI is InChI=1S/C31H33ClN4O7/c1-4-41-26-15-21(29-28(30(38)40-3)19(2)34-31(39)35-29)10-12-25(26)43-18-27(37)36-33-16-22-14-23(32)11-13-24(22)42-17-20-8-6-5-7-9-20/h5-16,27,29,36-37H,4,17-18H2,1-3H3,(H2,34,35,39)/b33-16+/t27-,29+/m1/s1. The number of hydrogen-bond acceptors (Lipinski definition) is 9. The van der Waals surface area contributed by atoms with Crippen LogP contribution in [0.4, 0.5) is 4.79 Å². The summed E-state index contributed by atoms with van der Waals surface area (Å²) in [6.07, 6.45) is 0.330. The number of nitrogens with zero attached hydrogens (tertiary/aromatic N) is 1. The van der Waals surface area contributed by atoms with Crippen LogP contribution in [0.1, 0.15) is 36.6 Å². The molecule has 1 aliphatic heterocycles. The summed E-state index contributed by atoms with van der Waals surface area (Å²) in [6.45, 7) is 3.97. The third-order valence-electron chi connectivity index (χ3n) is 6.31. The number of rotatable bonds is 13. The second-order valence-corrected chi connectivity index (χ2v) is 9.81. The average Bonchev–Trinajstić information content (AvgIpc) is 3.00. The lowest BCUT2D eigenvalue weighted by Gasteiger charge is -2.28. The molecule has 0 saturated heterocycles. The number of urea groups is 1. The molecule has 0 unspecified atom stereocenters. The van der Waals surface area contributed by atoms with Crippen LogP contribution in [0.25, 0.3) is 0 Å². The van der Waals surface area contributed by atoms with Crippen molar-refractivity contribution in [3.05, 3.63) is 99.7 Å². The van der Waals surface area contributed by atoms with Crippen molar-refractivity contribution in [3.8, 4) is 17.2 Å². The summed E-state index contributed by atoms with van der Waals surface area (Å²) in [5, 5.41) is 20.4. The highest BCUT2D eigenvalue weighted by Crippen LogP contribution is 2.35. The van der Waals surface area contributed by atoms with E-state index in [2.05, 4.69) is 21.2 Å². The van der Waals surface area contributed by atoms with Crippen LogP contribution in [0.3, 0.4) is 0 Å². The Kier molecular flexibility index (Phi) is 10.8. The topological polar surface area (TPSA) is 140 Å². The molecule has 1 aliphatic rings. The number of halogens is 1. The predicted octanol–water partition coefficient (Wildman–Crippen LogP) is 4.44. The number of hydrazone groups is 1. The van der Waals surface area contributed by atoms with Crippen LogP contribution in [0.5, 0.6) is 17.2 Å². The van der Waals surface area contributed by atoms with E-state index in [9.17, 15) is 14.7 Å². The van der Waals surface area contributed by atoms with Crippen molar-refractivity contribution in [2.45, 2.75) is 32.7 Å². The Morgan fingerprint density at radius 3 is 2.58 bits per heavy atom. The molecule has 226 valence electrons. The molecule has 0 radical (unpaired) electrons. The number of benzene rings is 3. The van der Waals surface area contributed by atoms with Crippen molar-refractivity contribution in [3.63, 3.8) is 0 Å². The molecule has 2 amide bonds. The van der Waals surface area contributed by atoms with Crippen LogP contribution in [0.15, 0.2) is 83.1 Å². The maximum atomic E-state index is 12.4. The number of carbonyl (C=O) groups is 2. The summed E-state index contributed by atoms with van der Waals surface area (Å²) in [5.41, 5.74) is 5.50. The minimum atomic E-state index is -1.17. The fourth-order valence-corrected chi connectivity index (χ4v) is 4.48. The monoisotopic (exact) mass is 608 g/mol. The van der Waals surface area contributed by atoms with Crippen LogP contribution in [0.2, 0.25) is 5.02 Å². The van der Waals surface area contributed by atoms with Gasteiger partial charge in [0.2, 0.25) is 0 Å². The van der Waals surface area contributed by atoms with Gasteiger partial charge in [0.25, 0.3) is 0 Å². The second kappa shape index (κ2) is 14.9. The van der Waals surface area contributed by atoms with E-state index in [-0.39, 0.29) is 12.2 Å². The van der Waals surface area contributed by atoms with E-state index in [0.717, 1.165) is 5.56 Å². The number of ether oxygens (including phenoxy) is 4. The van der Waals surface area contributed by atoms with Crippen molar-refractivity contribution in [1.82, 2.24) is 16.1 Å². The Balaban J connectivity index is 1.40. The van der Waals surface area contributed by atoms with E-state index in [1.807, 2.05) is 37.3 Å². The highest BCUT2D eigenvalue weighted by molar-refractivity contribution is 6.30. The fraction of sp³-hybridized carbons (Fsp3) is 0.258. The predicted molar refractivity (Wildman–Crippen MR) is 161 cm³/mol. The van der Waals surface area contributed by atoms with Crippen LogP contribution >= 0.6 is 11.6 Å². The molecule has 43 heavy (non-hydrogen) atoms.